The molecule has 0 spiro atoms. The average molecular weight is 256 g/mol. The Kier molecular flexibility index (Phi) is 5.96. The van der Waals surface area contributed by atoms with Crippen molar-refractivity contribution in [2.75, 3.05) is 6.61 Å². The minimum Gasteiger partial charge on any atom is -0.372 e. The smallest absolute Gasteiger partial charge is 0.0990 e. The minimum absolute atomic E-state index is 0.0198. The van der Waals surface area contributed by atoms with E-state index >= 15 is 0 Å². The summed E-state index contributed by atoms with van der Waals surface area (Å²) in [7, 11) is 0. The number of hydrogen-bond donors (Lipinski definition) is 1. The van der Waals surface area contributed by atoms with Crippen LogP contribution in [0.25, 0.3) is 0 Å². The van der Waals surface area contributed by atoms with Gasteiger partial charge in [0.1, 0.15) is 0 Å². The van der Waals surface area contributed by atoms with Crippen molar-refractivity contribution >= 4 is 11.6 Å². The maximum atomic E-state index is 6.20. The Hall–Kier alpha value is -0.570. The molecule has 96 valence electrons. The largest absolute Gasteiger partial charge is 0.372 e. The van der Waals surface area contributed by atoms with Crippen LogP contribution in [0.1, 0.15) is 38.9 Å². The van der Waals surface area contributed by atoms with E-state index in [1.807, 2.05) is 24.3 Å². The van der Waals surface area contributed by atoms with Crippen LogP contribution < -0.4 is 5.73 Å². The summed E-state index contributed by atoms with van der Waals surface area (Å²) in [5, 5.41) is 0.727. The zero-order valence-corrected chi connectivity index (χ0v) is 11.6. The number of halogens is 1. The molecule has 2 atom stereocenters. The van der Waals surface area contributed by atoms with Crippen molar-refractivity contribution in [3.05, 3.63) is 34.9 Å². The molecule has 2 unspecified atom stereocenters. The van der Waals surface area contributed by atoms with Crippen LogP contribution in [-0.2, 0) is 4.74 Å². The molecule has 0 fully saturated rings. The first-order valence-electron chi connectivity index (χ1n) is 6.17. The summed E-state index contributed by atoms with van der Waals surface area (Å²) < 4.78 is 5.91. The summed E-state index contributed by atoms with van der Waals surface area (Å²) in [6.07, 6.45) is 0.754. The first kappa shape index (κ1) is 14.5. The molecule has 0 radical (unpaired) electrons. The van der Waals surface area contributed by atoms with E-state index < -0.39 is 0 Å². The maximum absolute atomic E-state index is 6.20. The predicted octanol–water partition coefficient (Wildman–Crippen LogP) is 3.79. The number of benzene rings is 1. The standard InChI is InChI=1S/C14H22ClNO/c1-4-13(16)14(17-9-10(2)3)11-7-5-6-8-12(11)15/h5-8,10,13-14H,4,9,16H2,1-3H3. The second-order valence-corrected chi connectivity index (χ2v) is 5.15. The molecule has 0 heterocycles. The molecular formula is C14H22ClNO. The first-order valence-corrected chi connectivity index (χ1v) is 6.55. The van der Waals surface area contributed by atoms with Gasteiger partial charge in [0, 0.05) is 23.2 Å². The van der Waals surface area contributed by atoms with Gasteiger partial charge in [-0.3, -0.25) is 0 Å². The van der Waals surface area contributed by atoms with Crippen LogP contribution in [0.5, 0.6) is 0 Å². The highest BCUT2D eigenvalue weighted by Crippen LogP contribution is 2.28. The number of hydrogen-bond acceptors (Lipinski definition) is 2. The summed E-state index contributed by atoms with van der Waals surface area (Å²) in [6.45, 7) is 7.01. The molecule has 0 bridgehead atoms. The maximum Gasteiger partial charge on any atom is 0.0990 e. The van der Waals surface area contributed by atoms with Crippen LogP contribution in [0.2, 0.25) is 5.02 Å². The van der Waals surface area contributed by atoms with Crippen molar-refractivity contribution in [1.29, 1.82) is 0 Å². The van der Waals surface area contributed by atoms with Gasteiger partial charge in [-0.25, -0.2) is 0 Å². The Morgan fingerprint density at radius 2 is 1.94 bits per heavy atom. The Bertz CT molecular complexity index is 341. The Morgan fingerprint density at radius 3 is 2.47 bits per heavy atom. The third-order valence-corrected chi connectivity index (χ3v) is 3.03. The molecule has 0 aliphatic rings. The lowest BCUT2D eigenvalue weighted by molar-refractivity contribution is 0.0178. The van der Waals surface area contributed by atoms with Gasteiger partial charge in [-0.2, -0.15) is 0 Å². The van der Waals surface area contributed by atoms with E-state index in [2.05, 4.69) is 20.8 Å². The summed E-state index contributed by atoms with van der Waals surface area (Å²) in [6, 6.07) is 7.74. The molecule has 0 aliphatic heterocycles. The van der Waals surface area contributed by atoms with E-state index in [1.165, 1.54) is 0 Å². The van der Waals surface area contributed by atoms with E-state index in [0.717, 1.165) is 17.0 Å². The second kappa shape index (κ2) is 7.00. The van der Waals surface area contributed by atoms with Crippen LogP contribution in [0.3, 0.4) is 0 Å². The predicted molar refractivity (Wildman–Crippen MR) is 73.2 cm³/mol. The number of ether oxygens (including phenoxy) is 1. The second-order valence-electron chi connectivity index (χ2n) is 4.74. The van der Waals surface area contributed by atoms with E-state index in [0.29, 0.717) is 12.5 Å². The molecule has 0 saturated heterocycles. The van der Waals surface area contributed by atoms with Crippen molar-refractivity contribution in [3.63, 3.8) is 0 Å². The fourth-order valence-electron chi connectivity index (χ4n) is 1.66. The highest BCUT2D eigenvalue weighted by molar-refractivity contribution is 6.31. The number of rotatable bonds is 6. The molecular weight excluding hydrogens is 234 g/mol. The van der Waals surface area contributed by atoms with Gasteiger partial charge < -0.3 is 10.5 Å². The van der Waals surface area contributed by atoms with Crippen molar-refractivity contribution in [3.8, 4) is 0 Å². The molecule has 2 N–H and O–H groups in total. The van der Waals surface area contributed by atoms with Gasteiger partial charge in [-0.05, 0) is 18.4 Å². The van der Waals surface area contributed by atoms with Gasteiger partial charge in [0.25, 0.3) is 0 Å². The van der Waals surface area contributed by atoms with Gasteiger partial charge in [-0.15, -0.1) is 0 Å². The molecule has 3 heteroatoms. The Morgan fingerprint density at radius 1 is 1.29 bits per heavy atom. The lowest BCUT2D eigenvalue weighted by Crippen LogP contribution is -2.30. The molecule has 0 aromatic heterocycles. The summed E-state index contributed by atoms with van der Waals surface area (Å²) >= 11 is 6.20. The topological polar surface area (TPSA) is 35.2 Å². The van der Waals surface area contributed by atoms with E-state index in [-0.39, 0.29) is 12.1 Å². The van der Waals surface area contributed by atoms with Crippen molar-refractivity contribution in [1.82, 2.24) is 0 Å². The summed E-state index contributed by atoms with van der Waals surface area (Å²) in [5.41, 5.74) is 7.11. The molecule has 0 saturated carbocycles. The minimum atomic E-state index is -0.115. The molecule has 0 amide bonds. The van der Waals surface area contributed by atoms with Gasteiger partial charge in [-0.1, -0.05) is 50.6 Å². The van der Waals surface area contributed by atoms with Gasteiger partial charge in [0.2, 0.25) is 0 Å². The summed E-state index contributed by atoms with van der Waals surface area (Å²) in [5.74, 6) is 0.490. The monoisotopic (exact) mass is 255 g/mol. The quantitative estimate of drug-likeness (QED) is 0.839. The molecule has 1 aromatic carbocycles. The van der Waals surface area contributed by atoms with Crippen LogP contribution in [0.4, 0.5) is 0 Å². The Balaban J connectivity index is 2.86. The fourth-order valence-corrected chi connectivity index (χ4v) is 1.90. The first-order chi connectivity index (χ1) is 8.06. The van der Waals surface area contributed by atoms with E-state index in [1.54, 1.807) is 0 Å². The highest BCUT2D eigenvalue weighted by Gasteiger charge is 2.21. The third kappa shape index (κ3) is 4.30. The van der Waals surface area contributed by atoms with Crippen LogP contribution >= 0.6 is 11.6 Å². The molecule has 1 aromatic rings. The average Bonchev–Trinajstić information content (AvgIpc) is 2.30. The molecule has 0 aliphatic carbocycles. The lowest BCUT2D eigenvalue weighted by atomic mass is 10.0. The molecule has 2 nitrogen and oxygen atoms in total. The van der Waals surface area contributed by atoms with Gasteiger partial charge >= 0.3 is 0 Å². The molecule has 1 rings (SSSR count). The van der Waals surface area contributed by atoms with Gasteiger partial charge in [0.05, 0.1) is 6.10 Å². The normalized spacial score (nSPS) is 14.9. The van der Waals surface area contributed by atoms with E-state index in [9.17, 15) is 0 Å². The van der Waals surface area contributed by atoms with Crippen LogP contribution in [0.15, 0.2) is 24.3 Å². The summed E-state index contributed by atoms with van der Waals surface area (Å²) in [4.78, 5) is 0. The highest BCUT2D eigenvalue weighted by atomic mass is 35.5. The zero-order chi connectivity index (χ0) is 12.8. The van der Waals surface area contributed by atoms with Crippen LogP contribution in [0, 0.1) is 5.92 Å². The SMILES string of the molecule is CCC(N)C(OCC(C)C)c1ccccc1Cl. The van der Waals surface area contributed by atoms with E-state index in [4.69, 9.17) is 22.1 Å². The Labute approximate surface area is 109 Å². The van der Waals surface area contributed by atoms with Gasteiger partial charge in [0.15, 0.2) is 0 Å². The molecule has 17 heavy (non-hydrogen) atoms. The lowest BCUT2D eigenvalue weighted by Gasteiger charge is -2.25. The zero-order valence-electron chi connectivity index (χ0n) is 10.8. The van der Waals surface area contributed by atoms with Crippen molar-refractivity contribution < 1.29 is 4.74 Å². The third-order valence-electron chi connectivity index (χ3n) is 2.68. The number of nitrogens with two attached hydrogens (primary N) is 1. The fraction of sp³-hybridized carbons (Fsp3) is 0.571. The van der Waals surface area contributed by atoms with Crippen LogP contribution in [-0.4, -0.2) is 12.6 Å². The van der Waals surface area contributed by atoms with Crippen molar-refractivity contribution in [2.45, 2.75) is 39.3 Å². The van der Waals surface area contributed by atoms with Crippen molar-refractivity contribution in [2.24, 2.45) is 11.7 Å².